The van der Waals surface area contributed by atoms with Crippen molar-refractivity contribution in [3.63, 3.8) is 0 Å². The molecule has 26 heavy (non-hydrogen) atoms. The van der Waals surface area contributed by atoms with E-state index in [-0.39, 0.29) is 24.2 Å². The van der Waals surface area contributed by atoms with E-state index >= 15 is 0 Å². The summed E-state index contributed by atoms with van der Waals surface area (Å²) in [6.45, 7) is 2.44. The van der Waals surface area contributed by atoms with E-state index < -0.39 is 0 Å². The van der Waals surface area contributed by atoms with Gasteiger partial charge in [-0.1, -0.05) is 25.1 Å². The van der Waals surface area contributed by atoms with Crippen LogP contribution in [0.2, 0.25) is 0 Å². The molecule has 0 saturated heterocycles. The van der Waals surface area contributed by atoms with Gasteiger partial charge >= 0.3 is 0 Å². The standard InChI is InChI=1S/C20H24N4O2/c1-13-12-16(13)20(26)21-11-10-18(25)22-19-15-8-5-9-17(15)23-24(19)14-6-3-2-4-7-14/h2-4,6-7,13,16H,5,8-12H2,1H3,(H,21,26)(H,22,25)/t13-,16-/m1/s1. The Kier molecular flexibility index (Phi) is 4.49. The monoisotopic (exact) mass is 352 g/mol. The van der Waals surface area contributed by atoms with Gasteiger partial charge in [-0.2, -0.15) is 5.10 Å². The van der Waals surface area contributed by atoms with E-state index in [1.807, 2.05) is 35.0 Å². The smallest absolute Gasteiger partial charge is 0.227 e. The minimum atomic E-state index is -0.0964. The van der Waals surface area contributed by atoms with Crippen LogP contribution in [0.5, 0.6) is 0 Å². The lowest BCUT2D eigenvalue weighted by atomic mass is 10.2. The topological polar surface area (TPSA) is 76.0 Å². The van der Waals surface area contributed by atoms with E-state index in [1.54, 1.807) is 0 Å². The molecule has 4 rings (SSSR count). The van der Waals surface area contributed by atoms with Gasteiger partial charge in [0, 0.05) is 24.4 Å². The lowest BCUT2D eigenvalue weighted by molar-refractivity contribution is -0.122. The first-order chi connectivity index (χ1) is 12.6. The van der Waals surface area contributed by atoms with Gasteiger partial charge in [0.05, 0.1) is 11.4 Å². The van der Waals surface area contributed by atoms with E-state index in [2.05, 4.69) is 17.6 Å². The molecule has 0 aliphatic heterocycles. The molecular weight excluding hydrogens is 328 g/mol. The molecule has 1 aromatic carbocycles. The second-order valence-corrected chi connectivity index (χ2v) is 7.28. The van der Waals surface area contributed by atoms with Crippen molar-refractivity contribution in [2.45, 2.75) is 39.0 Å². The Labute approximate surface area is 153 Å². The lowest BCUT2D eigenvalue weighted by Crippen LogP contribution is -2.29. The molecule has 1 fully saturated rings. The van der Waals surface area contributed by atoms with Gasteiger partial charge in [-0.25, -0.2) is 4.68 Å². The number of rotatable bonds is 6. The van der Waals surface area contributed by atoms with Crippen molar-refractivity contribution < 1.29 is 9.59 Å². The minimum absolute atomic E-state index is 0.0699. The first-order valence-electron chi connectivity index (χ1n) is 9.37. The number of aromatic nitrogens is 2. The third-order valence-electron chi connectivity index (χ3n) is 5.26. The van der Waals surface area contributed by atoms with E-state index in [1.165, 1.54) is 0 Å². The molecule has 0 radical (unpaired) electrons. The van der Waals surface area contributed by atoms with E-state index in [0.717, 1.165) is 48.4 Å². The number of hydrogen-bond acceptors (Lipinski definition) is 3. The average molecular weight is 352 g/mol. The largest absolute Gasteiger partial charge is 0.355 e. The maximum absolute atomic E-state index is 12.4. The number of para-hydroxylation sites is 1. The van der Waals surface area contributed by atoms with Crippen LogP contribution < -0.4 is 10.6 Å². The zero-order chi connectivity index (χ0) is 18.1. The summed E-state index contributed by atoms with van der Waals surface area (Å²) in [6, 6.07) is 9.84. The van der Waals surface area contributed by atoms with Gasteiger partial charge in [-0.15, -0.1) is 0 Å². The van der Waals surface area contributed by atoms with Gasteiger partial charge in [-0.3, -0.25) is 9.59 Å². The minimum Gasteiger partial charge on any atom is -0.355 e. The number of aryl methyl sites for hydroxylation is 1. The molecule has 0 spiro atoms. The zero-order valence-corrected chi connectivity index (χ0v) is 15.0. The summed E-state index contributed by atoms with van der Waals surface area (Å²) in [4.78, 5) is 24.3. The Bertz CT molecular complexity index is 828. The molecule has 2 aliphatic carbocycles. The molecule has 0 bridgehead atoms. The van der Waals surface area contributed by atoms with E-state index in [9.17, 15) is 9.59 Å². The van der Waals surface area contributed by atoms with Crippen LogP contribution in [0.25, 0.3) is 5.69 Å². The predicted molar refractivity (Wildman–Crippen MR) is 99.1 cm³/mol. The lowest BCUT2D eigenvalue weighted by Gasteiger charge is -2.11. The van der Waals surface area contributed by atoms with Crippen LogP contribution in [0.3, 0.4) is 0 Å². The Morgan fingerprint density at radius 1 is 1.23 bits per heavy atom. The van der Waals surface area contributed by atoms with Gasteiger partial charge in [0.15, 0.2) is 0 Å². The maximum atomic E-state index is 12.4. The van der Waals surface area contributed by atoms with Crippen molar-refractivity contribution in [2.24, 2.45) is 11.8 Å². The summed E-state index contributed by atoms with van der Waals surface area (Å²) in [7, 11) is 0. The van der Waals surface area contributed by atoms with Crippen LogP contribution in [0.4, 0.5) is 5.82 Å². The van der Waals surface area contributed by atoms with Gasteiger partial charge in [0.25, 0.3) is 0 Å². The first-order valence-corrected chi connectivity index (χ1v) is 9.37. The third kappa shape index (κ3) is 3.36. The average Bonchev–Trinajstić information content (AvgIpc) is 3.05. The number of benzene rings is 1. The van der Waals surface area contributed by atoms with Crippen molar-refractivity contribution in [3.8, 4) is 5.69 Å². The second kappa shape index (κ2) is 6.94. The molecule has 6 nitrogen and oxygen atoms in total. The number of nitrogens with zero attached hydrogens (tertiary/aromatic N) is 2. The van der Waals surface area contributed by atoms with Crippen molar-refractivity contribution >= 4 is 17.6 Å². The van der Waals surface area contributed by atoms with Crippen LogP contribution in [0.15, 0.2) is 30.3 Å². The molecule has 2 aromatic rings. The number of anilines is 1. The van der Waals surface area contributed by atoms with Crippen LogP contribution in [0.1, 0.15) is 37.4 Å². The first kappa shape index (κ1) is 16.8. The molecule has 2 atom stereocenters. The summed E-state index contributed by atoms with van der Waals surface area (Å²) < 4.78 is 1.83. The molecule has 1 aromatic heterocycles. The molecule has 1 heterocycles. The van der Waals surface area contributed by atoms with Crippen molar-refractivity contribution in [3.05, 3.63) is 41.6 Å². The number of carbonyl (C=O) groups is 2. The zero-order valence-electron chi connectivity index (χ0n) is 15.0. The Hall–Kier alpha value is -2.63. The molecule has 2 N–H and O–H groups in total. The van der Waals surface area contributed by atoms with Crippen LogP contribution in [-0.4, -0.2) is 28.1 Å². The fourth-order valence-electron chi connectivity index (χ4n) is 3.59. The molecule has 2 amide bonds. The van der Waals surface area contributed by atoms with E-state index in [4.69, 9.17) is 5.10 Å². The predicted octanol–water partition coefficient (Wildman–Crippen LogP) is 2.46. The van der Waals surface area contributed by atoms with Gasteiger partial charge < -0.3 is 10.6 Å². The summed E-state index contributed by atoms with van der Waals surface area (Å²) in [5.41, 5.74) is 3.14. The van der Waals surface area contributed by atoms with Gasteiger partial charge in [-0.05, 0) is 43.7 Å². The number of nitrogens with one attached hydrogen (secondary N) is 2. The number of hydrogen-bond donors (Lipinski definition) is 2. The van der Waals surface area contributed by atoms with Crippen molar-refractivity contribution in [2.75, 3.05) is 11.9 Å². The SMILES string of the molecule is C[C@@H]1C[C@H]1C(=O)NCCC(=O)Nc1c2c(nn1-c1ccccc1)CCC2. The van der Waals surface area contributed by atoms with Gasteiger partial charge in [0.1, 0.15) is 5.82 Å². The Morgan fingerprint density at radius 2 is 2.00 bits per heavy atom. The van der Waals surface area contributed by atoms with Crippen LogP contribution >= 0.6 is 0 Å². The highest BCUT2D eigenvalue weighted by Crippen LogP contribution is 2.37. The molecular formula is C20H24N4O2. The van der Waals surface area contributed by atoms with Crippen molar-refractivity contribution in [1.82, 2.24) is 15.1 Å². The number of fused-ring (bicyclic) bond motifs is 1. The third-order valence-corrected chi connectivity index (χ3v) is 5.26. The number of amides is 2. The highest BCUT2D eigenvalue weighted by Gasteiger charge is 2.38. The highest BCUT2D eigenvalue weighted by molar-refractivity contribution is 5.91. The normalized spacial score (nSPS) is 20.5. The second-order valence-electron chi connectivity index (χ2n) is 7.28. The summed E-state index contributed by atoms with van der Waals surface area (Å²) >= 11 is 0. The highest BCUT2D eigenvalue weighted by atomic mass is 16.2. The molecule has 2 aliphatic rings. The molecule has 6 heteroatoms. The van der Waals surface area contributed by atoms with Crippen molar-refractivity contribution in [1.29, 1.82) is 0 Å². The molecule has 0 unspecified atom stereocenters. The van der Waals surface area contributed by atoms with Gasteiger partial charge in [0.2, 0.25) is 11.8 Å². The summed E-state index contributed by atoms with van der Waals surface area (Å²) in [5.74, 6) is 1.37. The van der Waals surface area contributed by atoms with Crippen LogP contribution in [-0.2, 0) is 22.4 Å². The van der Waals surface area contributed by atoms with E-state index in [0.29, 0.717) is 12.5 Å². The maximum Gasteiger partial charge on any atom is 0.227 e. The summed E-state index contributed by atoms with van der Waals surface area (Å²) in [5, 5.41) is 10.6. The number of carbonyl (C=O) groups excluding carboxylic acids is 2. The fraction of sp³-hybridized carbons (Fsp3) is 0.450. The summed E-state index contributed by atoms with van der Waals surface area (Å²) in [6.07, 6.45) is 4.19. The molecule has 1 saturated carbocycles. The Balaban J connectivity index is 1.42. The Morgan fingerprint density at radius 3 is 2.73 bits per heavy atom. The van der Waals surface area contributed by atoms with Crippen LogP contribution in [0, 0.1) is 11.8 Å². The molecule has 136 valence electrons. The quantitative estimate of drug-likeness (QED) is 0.838. The fourth-order valence-corrected chi connectivity index (χ4v) is 3.59.